The van der Waals surface area contributed by atoms with Crippen molar-refractivity contribution in [3.8, 4) is 16.9 Å². The lowest BCUT2D eigenvalue weighted by Crippen LogP contribution is -2.44. The van der Waals surface area contributed by atoms with E-state index in [-0.39, 0.29) is 11.3 Å². The Morgan fingerprint density at radius 1 is 0.974 bits per heavy atom. The largest absolute Gasteiger partial charge is 0.505 e. The second-order valence-corrected chi connectivity index (χ2v) is 11.3. The van der Waals surface area contributed by atoms with Crippen LogP contribution in [0.3, 0.4) is 0 Å². The van der Waals surface area contributed by atoms with E-state index in [0.717, 1.165) is 37.3 Å². The molecule has 1 saturated carbocycles. The van der Waals surface area contributed by atoms with Crippen LogP contribution in [0, 0.1) is 11.7 Å². The van der Waals surface area contributed by atoms with Gasteiger partial charge in [-0.25, -0.2) is 4.39 Å². The van der Waals surface area contributed by atoms with E-state index < -0.39 is 5.82 Å². The minimum Gasteiger partial charge on any atom is -0.505 e. The van der Waals surface area contributed by atoms with E-state index in [4.69, 9.17) is 0 Å². The van der Waals surface area contributed by atoms with E-state index in [2.05, 4.69) is 79.6 Å². The highest BCUT2D eigenvalue weighted by Crippen LogP contribution is 2.37. The molecule has 0 aromatic heterocycles. The van der Waals surface area contributed by atoms with Gasteiger partial charge < -0.3 is 15.7 Å². The molecular weight excluding hydrogens is 483 g/mol. The molecule has 4 rings (SSSR count). The molecule has 0 aliphatic heterocycles. The van der Waals surface area contributed by atoms with Crippen molar-refractivity contribution in [1.29, 1.82) is 0 Å². The van der Waals surface area contributed by atoms with Crippen LogP contribution < -0.4 is 10.6 Å². The van der Waals surface area contributed by atoms with Crippen LogP contribution in [-0.4, -0.2) is 11.7 Å². The lowest BCUT2D eigenvalue weighted by Gasteiger charge is -2.37. The second-order valence-electron chi connectivity index (χ2n) is 11.3. The third kappa shape index (κ3) is 7.73. The molecule has 0 radical (unpaired) electrons. The molecule has 3 aromatic rings. The highest BCUT2D eigenvalue weighted by atomic mass is 19.1. The van der Waals surface area contributed by atoms with Gasteiger partial charge in [-0.1, -0.05) is 114 Å². The zero-order chi connectivity index (χ0) is 27.7. The van der Waals surface area contributed by atoms with Crippen molar-refractivity contribution in [1.82, 2.24) is 5.32 Å². The molecule has 0 spiro atoms. The summed E-state index contributed by atoms with van der Waals surface area (Å²) in [5.74, 6) is -0.115. The van der Waals surface area contributed by atoms with Crippen molar-refractivity contribution < 1.29 is 9.50 Å². The van der Waals surface area contributed by atoms with Gasteiger partial charge in [-0.3, -0.25) is 0 Å². The van der Waals surface area contributed by atoms with Gasteiger partial charge in [0.25, 0.3) is 0 Å². The first-order valence-corrected chi connectivity index (χ1v) is 14.8. The van der Waals surface area contributed by atoms with Gasteiger partial charge in [-0.2, -0.15) is 0 Å². The monoisotopic (exact) mass is 528 g/mol. The molecule has 1 aliphatic rings. The van der Waals surface area contributed by atoms with Crippen LogP contribution in [0.15, 0.2) is 79.0 Å². The summed E-state index contributed by atoms with van der Waals surface area (Å²) in [5.41, 5.74) is 6.42. The molecule has 39 heavy (non-hydrogen) atoms. The fourth-order valence-electron chi connectivity index (χ4n) is 6.18. The molecule has 1 unspecified atom stereocenters. The Balaban J connectivity index is 1.53. The molecule has 1 aliphatic carbocycles. The zero-order valence-corrected chi connectivity index (χ0v) is 23.7. The second kappa shape index (κ2) is 13.8. The van der Waals surface area contributed by atoms with Gasteiger partial charge >= 0.3 is 0 Å². The fraction of sp³-hybridized carbons (Fsp3) is 0.429. The minimum absolute atomic E-state index is 0.160. The van der Waals surface area contributed by atoms with E-state index in [9.17, 15) is 9.50 Å². The number of aromatic hydroxyl groups is 1. The molecule has 0 saturated heterocycles. The van der Waals surface area contributed by atoms with Crippen molar-refractivity contribution >= 4 is 5.69 Å². The normalized spacial score (nSPS) is 15.3. The van der Waals surface area contributed by atoms with Crippen LogP contribution in [0.2, 0.25) is 0 Å². The molecular formula is C35H45FN2O. The number of halogens is 1. The maximum absolute atomic E-state index is 13.5. The van der Waals surface area contributed by atoms with Crippen molar-refractivity contribution in [3.05, 3.63) is 96.0 Å². The van der Waals surface area contributed by atoms with Crippen molar-refractivity contribution in [3.63, 3.8) is 0 Å². The van der Waals surface area contributed by atoms with Crippen LogP contribution in [0.5, 0.6) is 5.75 Å². The first-order valence-electron chi connectivity index (χ1n) is 14.8. The summed E-state index contributed by atoms with van der Waals surface area (Å²) in [6, 6.07) is 22.2. The topological polar surface area (TPSA) is 44.3 Å². The summed E-state index contributed by atoms with van der Waals surface area (Å²) in [6.07, 6.45) is 12.2. The van der Waals surface area contributed by atoms with E-state index in [1.165, 1.54) is 72.9 Å². The highest BCUT2D eigenvalue weighted by molar-refractivity contribution is 5.64. The van der Waals surface area contributed by atoms with E-state index in [0.29, 0.717) is 12.2 Å². The molecule has 1 atom stereocenters. The molecule has 1 fully saturated rings. The Labute approximate surface area is 234 Å². The first-order chi connectivity index (χ1) is 18.9. The highest BCUT2D eigenvalue weighted by Gasteiger charge is 2.31. The van der Waals surface area contributed by atoms with Crippen molar-refractivity contribution in [2.75, 3.05) is 11.9 Å². The number of rotatable bonds is 14. The summed E-state index contributed by atoms with van der Waals surface area (Å²) in [6.45, 7) is 9.25. The predicted molar refractivity (Wildman–Crippen MR) is 162 cm³/mol. The van der Waals surface area contributed by atoms with E-state index in [1.54, 1.807) is 6.07 Å². The van der Waals surface area contributed by atoms with Gasteiger partial charge in [-0.05, 0) is 59.6 Å². The molecule has 0 bridgehead atoms. The number of aryl methyl sites for hydroxylation is 1. The van der Waals surface area contributed by atoms with Crippen molar-refractivity contribution in [2.45, 2.75) is 83.6 Å². The molecule has 3 nitrogen and oxygen atoms in total. The SMILES string of the molecule is C=C(CNC(CCC)(CCCC1CCCC1)c1ccc(-c2cccc(CC)c2)cc1)Nc1ccc(F)c(O)c1. The Kier molecular flexibility index (Phi) is 10.2. The van der Waals surface area contributed by atoms with Gasteiger partial charge in [0, 0.05) is 29.5 Å². The average Bonchev–Trinajstić information content (AvgIpc) is 3.47. The Hall–Kier alpha value is -3.11. The standard InChI is InChI=1S/C35H45FN2O/c1-4-21-35(22-9-13-28-10-6-7-11-28,37-25-26(3)38-32-19-20-33(36)34(39)24-32)31-17-15-29(16-18-31)30-14-8-12-27(5-2)23-30/h8,12,14-20,23-24,28,37-39H,3-7,9-11,13,21-22,25H2,1-2H3. The lowest BCUT2D eigenvalue weighted by atomic mass is 9.79. The van der Waals surface area contributed by atoms with Crippen LogP contribution in [0.25, 0.3) is 11.1 Å². The van der Waals surface area contributed by atoms with Crippen LogP contribution in [0.1, 0.15) is 82.8 Å². The van der Waals surface area contributed by atoms with Gasteiger partial charge in [0.2, 0.25) is 0 Å². The Morgan fingerprint density at radius 3 is 2.44 bits per heavy atom. The third-order valence-electron chi connectivity index (χ3n) is 8.38. The molecule has 3 aromatic carbocycles. The molecule has 3 N–H and O–H groups in total. The zero-order valence-electron chi connectivity index (χ0n) is 23.7. The fourth-order valence-corrected chi connectivity index (χ4v) is 6.18. The summed E-state index contributed by atoms with van der Waals surface area (Å²) in [4.78, 5) is 0. The number of benzene rings is 3. The van der Waals surface area contributed by atoms with Gasteiger partial charge in [0.1, 0.15) is 0 Å². The van der Waals surface area contributed by atoms with E-state index >= 15 is 0 Å². The number of phenols is 1. The maximum Gasteiger partial charge on any atom is 0.164 e. The summed E-state index contributed by atoms with van der Waals surface area (Å²) < 4.78 is 13.5. The number of nitrogens with one attached hydrogen (secondary N) is 2. The third-order valence-corrected chi connectivity index (χ3v) is 8.38. The van der Waals surface area contributed by atoms with Crippen LogP contribution in [0.4, 0.5) is 10.1 Å². The van der Waals surface area contributed by atoms with Gasteiger partial charge in [0.15, 0.2) is 11.6 Å². The summed E-state index contributed by atoms with van der Waals surface area (Å²) in [7, 11) is 0. The quantitative estimate of drug-likeness (QED) is 0.195. The number of anilines is 1. The van der Waals surface area contributed by atoms with E-state index in [1.807, 2.05) is 0 Å². The molecule has 4 heteroatoms. The number of hydrogen-bond acceptors (Lipinski definition) is 3. The van der Waals surface area contributed by atoms with Crippen LogP contribution >= 0.6 is 0 Å². The Bertz CT molecular complexity index is 1220. The smallest absolute Gasteiger partial charge is 0.164 e. The molecule has 0 amide bonds. The molecule has 208 valence electrons. The number of phenolic OH excluding ortho intramolecular Hbond substituents is 1. The van der Waals surface area contributed by atoms with Gasteiger partial charge in [-0.15, -0.1) is 0 Å². The summed E-state index contributed by atoms with van der Waals surface area (Å²) >= 11 is 0. The van der Waals surface area contributed by atoms with Gasteiger partial charge in [0.05, 0.1) is 0 Å². The summed E-state index contributed by atoms with van der Waals surface area (Å²) in [5, 5.41) is 16.9. The first kappa shape index (κ1) is 28.9. The lowest BCUT2D eigenvalue weighted by molar-refractivity contribution is 0.273. The molecule has 0 heterocycles. The minimum atomic E-state index is -0.626. The Morgan fingerprint density at radius 2 is 1.74 bits per heavy atom. The average molecular weight is 529 g/mol. The van der Waals surface area contributed by atoms with Crippen LogP contribution in [-0.2, 0) is 12.0 Å². The number of hydrogen-bond donors (Lipinski definition) is 3. The maximum atomic E-state index is 13.5. The van der Waals surface area contributed by atoms with Crippen molar-refractivity contribution in [2.24, 2.45) is 5.92 Å². The predicted octanol–water partition coefficient (Wildman–Crippen LogP) is 9.33.